The first-order chi connectivity index (χ1) is 19.9. The quantitative estimate of drug-likeness (QED) is 0.190. The number of hydrogen-bond donors (Lipinski definition) is 3. The van der Waals surface area contributed by atoms with Crippen LogP contribution in [0.1, 0.15) is 36.5 Å². The fourth-order valence-corrected chi connectivity index (χ4v) is 5.92. The van der Waals surface area contributed by atoms with Crippen LogP contribution in [0.5, 0.6) is 0 Å². The number of nitrogens with zero attached hydrogens (tertiary/aromatic N) is 7. The van der Waals surface area contributed by atoms with Crippen molar-refractivity contribution in [1.82, 2.24) is 33.7 Å². The smallest absolute Gasteiger partial charge is 0.284 e. The van der Waals surface area contributed by atoms with Gasteiger partial charge >= 0.3 is 0 Å². The van der Waals surface area contributed by atoms with E-state index in [4.69, 9.17) is 4.98 Å². The minimum Gasteiger partial charge on any atom is -0.394 e. The zero-order valence-corrected chi connectivity index (χ0v) is 23.8. The van der Waals surface area contributed by atoms with Crippen LogP contribution in [0.4, 0.5) is 11.8 Å². The van der Waals surface area contributed by atoms with Crippen LogP contribution in [0.15, 0.2) is 72.4 Å². The summed E-state index contributed by atoms with van der Waals surface area (Å²) >= 11 is 0. The van der Waals surface area contributed by atoms with Gasteiger partial charge in [0.25, 0.3) is 10.0 Å². The number of aromatic nitrogens is 7. The number of rotatable bonds is 13. The molecular weight excluding hydrogens is 542 g/mol. The molecule has 0 aliphatic carbocycles. The predicted molar refractivity (Wildman–Crippen MR) is 156 cm³/mol. The highest BCUT2D eigenvalue weighted by Crippen LogP contribution is 2.24. The third-order valence-electron chi connectivity index (χ3n) is 6.98. The molecule has 5 rings (SSSR count). The standard InChI is InChI=1S/C28H33N9O3S/c1-3-23(16-38)33-28-34-26(30-15-21-9-5-4-6-10-21)25-27(35-28)36(19-31-25)14-8-12-22-11-7-13-24(20(22)2)41(39,40)37-18-29-17-32-37/h4-7,9-11,13,17-19,23,38H,3,8,12,14-16H2,1-2H3,(H2,30,33,34,35)/t23-/m1/s1. The largest absolute Gasteiger partial charge is 0.394 e. The van der Waals surface area contributed by atoms with Crippen LogP contribution in [-0.4, -0.2) is 59.9 Å². The second-order valence-corrected chi connectivity index (χ2v) is 11.5. The maximum Gasteiger partial charge on any atom is 0.284 e. The number of aliphatic hydroxyl groups excluding tert-OH is 1. The average Bonchev–Trinajstić information content (AvgIpc) is 3.67. The molecule has 0 saturated heterocycles. The van der Waals surface area contributed by atoms with E-state index in [1.54, 1.807) is 18.5 Å². The van der Waals surface area contributed by atoms with Crippen molar-refractivity contribution in [3.63, 3.8) is 0 Å². The molecule has 5 aromatic rings. The van der Waals surface area contributed by atoms with E-state index < -0.39 is 10.0 Å². The fourth-order valence-electron chi connectivity index (χ4n) is 4.61. The van der Waals surface area contributed by atoms with Crippen LogP contribution in [0.25, 0.3) is 11.2 Å². The van der Waals surface area contributed by atoms with Crippen molar-refractivity contribution >= 4 is 33.0 Å². The highest BCUT2D eigenvalue weighted by atomic mass is 32.2. The molecule has 0 aliphatic rings. The maximum absolute atomic E-state index is 13.0. The first-order valence-corrected chi connectivity index (χ1v) is 14.9. The Bertz CT molecular complexity index is 1700. The lowest BCUT2D eigenvalue weighted by Crippen LogP contribution is -2.24. The lowest BCUT2D eigenvalue weighted by Gasteiger charge is -2.16. The minimum atomic E-state index is -3.82. The van der Waals surface area contributed by atoms with E-state index in [-0.39, 0.29) is 17.5 Å². The SMILES string of the molecule is CC[C@H](CO)Nc1nc(NCc2ccccc2)c2ncn(CCCc3cccc(S(=O)(=O)n4cncn4)c3C)c2n1. The van der Waals surface area contributed by atoms with Crippen molar-refractivity contribution in [1.29, 1.82) is 0 Å². The Balaban J connectivity index is 1.37. The molecule has 0 fully saturated rings. The molecule has 0 saturated carbocycles. The summed E-state index contributed by atoms with van der Waals surface area (Å²) in [6, 6.07) is 15.1. The Morgan fingerprint density at radius 2 is 1.88 bits per heavy atom. The average molecular weight is 576 g/mol. The van der Waals surface area contributed by atoms with Crippen molar-refractivity contribution in [3.8, 4) is 0 Å². The van der Waals surface area contributed by atoms with Gasteiger partial charge in [0.2, 0.25) is 5.95 Å². The van der Waals surface area contributed by atoms with Crippen LogP contribution in [0, 0.1) is 6.92 Å². The van der Waals surface area contributed by atoms with Gasteiger partial charge < -0.3 is 20.3 Å². The van der Waals surface area contributed by atoms with E-state index in [9.17, 15) is 13.5 Å². The third kappa shape index (κ3) is 6.20. The Morgan fingerprint density at radius 3 is 2.61 bits per heavy atom. The van der Waals surface area contributed by atoms with Gasteiger partial charge in [0.1, 0.15) is 12.7 Å². The summed E-state index contributed by atoms with van der Waals surface area (Å²) in [6.45, 7) is 4.95. The van der Waals surface area contributed by atoms with Crippen LogP contribution >= 0.6 is 0 Å². The van der Waals surface area contributed by atoms with Crippen LogP contribution in [0.2, 0.25) is 0 Å². The van der Waals surface area contributed by atoms with E-state index in [0.717, 1.165) is 28.1 Å². The molecule has 3 N–H and O–H groups in total. The number of aryl methyl sites for hydroxylation is 2. The van der Waals surface area contributed by atoms with Crippen LogP contribution in [0.3, 0.4) is 0 Å². The van der Waals surface area contributed by atoms with Crippen molar-refractivity contribution in [3.05, 3.63) is 84.2 Å². The normalized spacial score (nSPS) is 12.5. The van der Waals surface area contributed by atoms with Crippen molar-refractivity contribution in [2.24, 2.45) is 0 Å². The second kappa shape index (κ2) is 12.4. The molecule has 214 valence electrons. The van der Waals surface area contributed by atoms with Gasteiger partial charge in [0.05, 0.1) is 23.9 Å². The Morgan fingerprint density at radius 1 is 1.05 bits per heavy atom. The molecule has 13 heteroatoms. The molecule has 3 aromatic heterocycles. The molecule has 0 bridgehead atoms. The summed E-state index contributed by atoms with van der Waals surface area (Å²) in [5.41, 5.74) is 4.06. The molecular formula is C28H33N9O3S. The summed E-state index contributed by atoms with van der Waals surface area (Å²) < 4.78 is 28.9. The summed E-state index contributed by atoms with van der Waals surface area (Å²) in [7, 11) is -3.82. The van der Waals surface area contributed by atoms with Crippen molar-refractivity contribution < 1.29 is 13.5 Å². The number of imidazole rings is 1. The number of nitrogens with one attached hydrogen (secondary N) is 2. The number of anilines is 2. The van der Waals surface area contributed by atoms with Crippen molar-refractivity contribution in [2.45, 2.75) is 57.1 Å². The Kier molecular flexibility index (Phi) is 8.55. The Labute approximate surface area is 238 Å². The zero-order valence-electron chi connectivity index (χ0n) is 23.0. The molecule has 0 radical (unpaired) electrons. The van der Waals surface area contributed by atoms with E-state index in [1.165, 1.54) is 12.7 Å². The third-order valence-corrected chi connectivity index (χ3v) is 8.66. The topological polar surface area (TPSA) is 153 Å². The number of fused-ring (bicyclic) bond motifs is 1. The molecule has 3 heterocycles. The molecule has 12 nitrogen and oxygen atoms in total. The zero-order chi connectivity index (χ0) is 28.8. The van der Waals surface area contributed by atoms with Gasteiger partial charge in [-0.25, -0.2) is 9.97 Å². The highest BCUT2D eigenvalue weighted by Gasteiger charge is 2.21. The summed E-state index contributed by atoms with van der Waals surface area (Å²) in [4.78, 5) is 18.0. The lowest BCUT2D eigenvalue weighted by molar-refractivity contribution is 0.271. The highest BCUT2D eigenvalue weighted by molar-refractivity contribution is 7.89. The van der Waals surface area contributed by atoms with E-state index >= 15 is 0 Å². The minimum absolute atomic E-state index is 0.0328. The molecule has 41 heavy (non-hydrogen) atoms. The predicted octanol–water partition coefficient (Wildman–Crippen LogP) is 3.39. The second-order valence-electron chi connectivity index (χ2n) is 9.69. The lowest BCUT2D eigenvalue weighted by atomic mass is 10.0. The molecule has 0 aliphatic heterocycles. The first-order valence-electron chi connectivity index (χ1n) is 13.5. The van der Waals surface area contributed by atoms with Gasteiger partial charge in [-0.1, -0.05) is 49.4 Å². The van der Waals surface area contributed by atoms with Crippen LogP contribution < -0.4 is 10.6 Å². The maximum atomic E-state index is 13.0. The molecule has 1 atom stereocenters. The molecule has 2 aromatic carbocycles. The van der Waals surface area contributed by atoms with E-state index in [2.05, 4.69) is 30.7 Å². The van der Waals surface area contributed by atoms with Gasteiger partial charge in [-0.3, -0.25) is 0 Å². The Hall–Kier alpha value is -4.36. The van der Waals surface area contributed by atoms with Gasteiger partial charge in [-0.15, -0.1) is 9.19 Å². The molecule has 0 unspecified atom stereocenters. The van der Waals surface area contributed by atoms with Crippen LogP contribution in [-0.2, 0) is 29.5 Å². The number of hydrogen-bond acceptors (Lipinski definition) is 10. The summed E-state index contributed by atoms with van der Waals surface area (Å²) in [5.74, 6) is 1.02. The van der Waals surface area contributed by atoms with Gasteiger partial charge in [0, 0.05) is 13.1 Å². The van der Waals surface area contributed by atoms with Gasteiger partial charge in [-0.2, -0.15) is 18.4 Å². The van der Waals surface area contributed by atoms with Gasteiger partial charge in [-0.05, 0) is 48.9 Å². The fraction of sp³-hybridized carbons (Fsp3) is 0.321. The number of benzene rings is 2. The van der Waals surface area contributed by atoms with E-state index in [1.807, 2.05) is 54.8 Å². The monoisotopic (exact) mass is 575 g/mol. The first kappa shape index (κ1) is 28.2. The number of aliphatic hydroxyl groups is 1. The van der Waals surface area contributed by atoms with Crippen molar-refractivity contribution in [2.75, 3.05) is 17.2 Å². The van der Waals surface area contributed by atoms with E-state index in [0.29, 0.717) is 48.0 Å². The summed E-state index contributed by atoms with van der Waals surface area (Å²) in [5, 5.41) is 20.1. The van der Waals surface area contributed by atoms with Gasteiger partial charge in [0.15, 0.2) is 17.0 Å². The molecule has 0 spiro atoms. The summed E-state index contributed by atoms with van der Waals surface area (Å²) in [6.07, 6.45) is 6.23. The molecule has 0 amide bonds.